The third-order valence-corrected chi connectivity index (χ3v) is 7.02. The Morgan fingerprint density at radius 2 is 1.65 bits per heavy atom. The third-order valence-electron chi connectivity index (χ3n) is 7.02. The van der Waals surface area contributed by atoms with Gasteiger partial charge in [0, 0.05) is 76.0 Å². The molecule has 1 aromatic rings. The van der Waals surface area contributed by atoms with Crippen LogP contribution in [-0.4, -0.2) is 94.6 Å². The fraction of sp³-hybridized carbons (Fsp3) is 0.792. The summed E-state index contributed by atoms with van der Waals surface area (Å²) >= 11 is 0. The predicted octanol–water partition coefficient (Wildman–Crippen LogP) is 0.722. The number of hydrogen-bond acceptors (Lipinski definition) is 7. The molecule has 2 amide bonds. The quantitative estimate of drug-likeness (QED) is 0.290. The highest BCUT2D eigenvalue weighted by atomic mass is 16.5. The van der Waals surface area contributed by atoms with Gasteiger partial charge in [0.15, 0.2) is 0 Å². The van der Waals surface area contributed by atoms with E-state index in [1.54, 1.807) is 14.2 Å². The molecule has 0 bridgehead atoms. The number of aromatic amines is 1. The molecule has 1 aliphatic rings. The Labute approximate surface area is 203 Å². The Balaban J connectivity index is 2.28. The van der Waals surface area contributed by atoms with E-state index >= 15 is 0 Å². The largest absolute Gasteiger partial charge is 0.383 e. The Morgan fingerprint density at radius 3 is 2.15 bits per heavy atom. The summed E-state index contributed by atoms with van der Waals surface area (Å²) < 4.78 is 10.2. The van der Waals surface area contributed by atoms with E-state index in [2.05, 4.69) is 38.1 Å². The predicted molar refractivity (Wildman–Crippen MR) is 131 cm³/mol. The Morgan fingerprint density at radius 1 is 1.09 bits per heavy atom. The van der Waals surface area contributed by atoms with Crippen molar-refractivity contribution in [1.29, 1.82) is 0 Å². The van der Waals surface area contributed by atoms with Gasteiger partial charge in [-0.25, -0.2) is 0 Å². The number of H-pyrrole nitrogens is 1. The van der Waals surface area contributed by atoms with Crippen LogP contribution in [0.5, 0.6) is 0 Å². The van der Waals surface area contributed by atoms with Crippen molar-refractivity contribution in [3.63, 3.8) is 0 Å². The topological polar surface area (TPSA) is 121 Å². The smallest absolute Gasteiger partial charge is 0.223 e. The van der Waals surface area contributed by atoms with E-state index in [1.807, 2.05) is 27.1 Å². The van der Waals surface area contributed by atoms with Crippen molar-refractivity contribution in [3.05, 3.63) is 17.5 Å². The molecule has 1 aliphatic carbocycles. The average molecular weight is 481 g/mol. The lowest BCUT2D eigenvalue weighted by molar-refractivity contribution is -0.140. The van der Waals surface area contributed by atoms with Crippen molar-refractivity contribution < 1.29 is 19.1 Å². The maximum Gasteiger partial charge on any atom is 0.223 e. The van der Waals surface area contributed by atoms with Gasteiger partial charge in [-0.1, -0.05) is 13.8 Å². The highest BCUT2D eigenvalue weighted by Crippen LogP contribution is 2.50. The van der Waals surface area contributed by atoms with E-state index in [4.69, 9.17) is 9.47 Å². The molecule has 3 atom stereocenters. The van der Waals surface area contributed by atoms with Crippen LogP contribution in [0.25, 0.3) is 0 Å². The van der Waals surface area contributed by atoms with Gasteiger partial charge in [0.1, 0.15) is 0 Å². The van der Waals surface area contributed by atoms with Crippen LogP contribution in [0.3, 0.4) is 0 Å². The number of nitrogens with one attached hydrogen (secondary N) is 4. The Bertz CT molecular complexity index is 734. The van der Waals surface area contributed by atoms with Crippen LogP contribution in [0.4, 0.5) is 0 Å². The summed E-state index contributed by atoms with van der Waals surface area (Å²) in [6, 6.07) is 0. The molecule has 1 heterocycles. The Hall–Kier alpha value is -2.01. The second-order valence-corrected chi connectivity index (χ2v) is 9.81. The van der Waals surface area contributed by atoms with Crippen LogP contribution in [0.1, 0.15) is 43.9 Å². The van der Waals surface area contributed by atoms with Crippen LogP contribution in [-0.2, 0) is 25.6 Å². The summed E-state index contributed by atoms with van der Waals surface area (Å²) in [5.41, 5.74) is 1.63. The highest BCUT2D eigenvalue weighted by molar-refractivity contribution is 5.84. The molecule has 10 heteroatoms. The first-order chi connectivity index (χ1) is 16.3. The average Bonchev–Trinajstić information content (AvgIpc) is 3.25. The van der Waals surface area contributed by atoms with Crippen LogP contribution < -0.4 is 16.0 Å². The lowest BCUT2D eigenvalue weighted by Gasteiger charge is -2.46. The van der Waals surface area contributed by atoms with Gasteiger partial charge in [-0.3, -0.25) is 14.7 Å². The number of likely N-dealkylation sites (N-methyl/N-ethyl adjacent to an activating group) is 2. The van der Waals surface area contributed by atoms with Gasteiger partial charge in [0.25, 0.3) is 0 Å². The number of methoxy groups -OCH3 is 2. The number of nitrogens with zero attached hydrogens (tertiary/aromatic N) is 2. The van der Waals surface area contributed by atoms with E-state index < -0.39 is 5.41 Å². The molecular weight excluding hydrogens is 436 g/mol. The summed E-state index contributed by atoms with van der Waals surface area (Å²) in [4.78, 5) is 28.7. The molecule has 2 rings (SSSR count). The normalized spacial score (nSPS) is 22.0. The monoisotopic (exact) mass is 480 g/mol. The first kappa shape index (κ1) is 28.2. The molecule has 10 nitrogen and oxygen atoms in total. The van der Waals surface area contributed by atoms with Crippen molar-refractivity contribution in [1.82, 2.24) is 31.0 Å². The zero-order valence-corrected chi connectivity index (χ0v) is 21.7. The molecule has 1 fully saturated rings. The van der Waals surface area contributed by atoms with Gasteiger partial charge < -0.3 is 30.3 Å². The van der Waals surface area contributed by atoms with Crippen LogP contribution in [0.2, 0.25) is 0 Å². The number of amides is 2. The zero-order chi connectivity index (χ0) is 25.1. The van der Waals surface area contributed by atoms with Crippen molar-refractivity contribution in [2.24, 2.45) is 17.3 Å². The molecule has 0 aliphatic heterocycles. The summed E-state index contributed by atoms with van der Waals surface area (Å²) in [7, 11) is 7.24. The number of rotatable bonds is 14. The lowest BCUT2D eigenvalue weighted by atomic mass is 9.58. The molecule has 34 heavy (non-hydrogen) atoms. The minimum absolute atomic E-state index is 0.0274. The van der Waals surface area contributed by atoms with E-state index in [0.717, 1.165) is 30.9 Å². The van der Waals surface area contributed by atoms with E-state index in [-0.39, 0.29) is 29.6 Å². The first-order valence-electron chi connectivity index (χ1n) is 12.1. The molecular formula is C24H44N6O4. The number of hydrogen-bond donors (Lipinski definition) is 4. The molecule has 0 saturated heterocycles. The van der Waals surface area contributed by atoms with Crippen LogP contribution >= 0.6 is 0 Å². The van der Waals surface area contributed by atoms with Crippen molar-refractivity contribution in [2.45, 2.75) is 39.2 Å². The fourth-order valence-corrected chi connectivity index (χ4v) is 4.91. The van der Waals surface area contributed by atoms with Gasteiger partial charge in [-0.05, 0) is 32.4 Å². The van der Waals surface area contributed by atoms with E-state index in [1.165, 1.54) is 0 Å². The lowest BCUT2D eigenvalue weighted by Crippen LogP contribution is -2.52. The van der Waals surface area contributed by atoms with Crippen molar-refractivity contribution in [3.8, 4) is 0 Å². The minimum atomic E-state index is -0.505. The molecule has 0 radical (unpaired) electrons. The maximum atomic E-state index is 13.3. The fourth-order valence-electron chi connectivity index (χ4n) is 4.91. The highest BCUT2D eigenvalue weighted by Gasteiger charge is 2.50. The van der Waals surface area contributed by atoms with E-state index in [0.29, 0.717) is 39.1 Å². The third kappa shape index (κ3) is 7.49. The second-order valence-electron chi connectivity index (χ2n) is 9.81. The number of carbonyl (C=O) groups excluding carboxylic acids is 2. The molecule has 0 spiro atoms. The molecule has 194 valence electrons. The zero-order valence-electron chi connectivity index (χ0n) is 21.7. The number of ether oxygens (including phenoxy) is 2. The first-order valence-corrected chi connectivity index (χ1v) is 12.1. The molecule has 4 N–H and O–H groups in total. The summed E-state index contributed by atoms with van der Waals surface area (Å²) in [5.74, 6) is -0.680. The molecule has 1 unspecified atom stereocenters. The number of aromatic nitrogens is 2. The van der Waals surface area contributed by atoms with Gasteiger partial charge in [0.2, 0.25) is 11.8 Å². The SMILES string of the molecule is CNCCN(C)Cc1cn[nH]c1C1C[C@H](C(=O)NCCOC)C(C)(C)[C@H](C(=O)NCCOC)C1. The second kappa shape index (κ2) is 13.8. The number of carbonyl (C=O) groups is 2. The van der Waals surface area contributed by atoms with Crippen LogP contribution in [0, 0.1) is 17.3 Å². The maximum absolute atomic E-state index is 13.3. The van der Waals surface area contributed by atoms with Gasteiger partial charge in [-0.2, -0.15) is 5.10 Å². The van der Waals surface area contributed by atoms with Crippen molar-refractivity contribution >= 4 is 11.8 Å². The summed E-state index contributed by atoms with van der Waals surface area (Å²) in [5, 5.41) is 16.7. The minimum Gasteiger partial charge on any atom is -0.383 e. The molecule has 1 aromatic heterocycles. The van der Waals surface area contributed by atoms with Crippen LogP contribution in [0.15, 0.2) is 6.20 Å². The summed E-state index contributed by atoms with van der Waals surface area (Å²) in [6.07, 6.45) is 3.18. The van der Waals surface area contributed by atoms with Gasteiger partial charge >= 0.3 is 0 Å². The standard InChI is InChI=1S/C24H44N6O4/c1-24(2)19(22(31)26-8-11-33-5)13-17(14-20(24)23(32)27-9-12-34-6)21-18(15-28-29-21)16-30(4)10-7-25-3/h15,17,19-20,25H,7-14,16H2,1-6H3,(H,26,31)(H,27,32)(H,28,29)/t17?,19-,20+. The molecule has 0 aromatic carbocycles. The van der Waals surface area contributed by atoms with Crippen molar-refractivity contribution in [2.75, 3.05) is 67.7 Å². The molecule has 1 saturated carbocycles. The van der Waals surface area contributed by atoms with Gasteiger partial charge in [-0.15, -0.1) is 0 Å². The Kier molecular flexibility index (Phi) is 11.4. The van der Waals surface area contributed by atoms with E-state index in [9.17, 15) is 9.59 Å². The van der Waals surface area contributed by atoms with Gasteiger partial charge in [0.05, 0.1) is 19.4 Å². The summed E-state index contributed by atoms with van der Waals surface area (Å²) in [6.45, 7) is 8.42.